The molecule has 4 heteroatoms. The first kappa shape index (κ1) is 21.0. The SMILES string of the molecule is [C-]#[N+]c1ccc(-c2c(SC(C)(C)C(=O)OC(C)(C)C)ccc3ccccc23)cc1. The van der Waals surface area contributed by atoms with Crippen LogP contribution >= 0.6 is 11.8 Å². The van der Waals surface area contributed by atoms with Crippen molar-refractivity contribution in [2.75, 3.05) is 0 Å². The first-order valence-corrected chi connectivity index (χ1v) is 10.3. The summed E-state index contributed by atoms with van der Waals surface area (Å²) < 4.78 is 4.90. The first-order chi connectivity index (χ1) is 13.6. The Kier molecular flexibility index (Phi) is 5.73. The highest BCUT2D eigenvalue weighted by Crippen LogP contribution is 2.43. The summed E-state index contributed by atoms with van der Waals surface area (Å²) in [5, 5.41) is 2.25. The van der Waals surface area contributed by atoms with E-state index in [1.807, 2.05) is 71.0 Å². The Hall–Kier alpha value is -2.77. The Labute approximate surface area is 176 Å². The predicted octanol–water partition coefficient (Wildman–Crippen LogP) is 7.27. The lowest BCUT2D eigenvalue weighted by Gasteiger charge is -2.29. The molecule has 0 radical (unpaired) electrons. The molecule has 0 heterocycles. The second kappa shape index (κ2) is 7.93. The number of rotatable bonds is 4. The number of benzene rings is 3. The van der Waals surface area contributed by atoms with E-state index < -0.39 is 10.3 Å². The van der Waals surface area contributed by atoms with Gasteiger partial charge in [0.25, 0.3) is 0 Å². The molecule has 0 saturated carbocycles. The van der Waals surface area contributed by atoms with Crippen molar-refractivity contribution < 1.29 is 9.53 Å². The molecule has 0 aliphatic rings. The van der Waals surface area contributed by atoms with Gasteiger partial charge in [0.1, 0.15) is 10.3 Å². The molecule has 29 heavy (non-hydrogen) atoms. The highest BCUT2D eigenvalue weighted by Gasteiger charge is 2.34. The Bertz CT molecular complexity index is 1090. The van der Waals surface area contributed by atoms with Crippen LogP contribution in [0.3, 0.4) is 0 Å². The third-order valence-electron chi connectivity index (χ3n) is 4.43. The average Bonchev–Trinajstić information content (AvgIpc) is 2.66. The summed E-state index contributed by atoms with van der Waals surface area (Å²) in [4.78, 5) is 17.3. The molecule has 0 aliphatic heterocycles. The number of carbonyl (C=O) groups is 1. The summed E-state index contributed by atoms with van der Waals surface area (Å²) in [5.41, 5.74) is 2.17. The monoisotopic (exact) mass is 403 g/mol. The molecule has 0 fully saturated rings. The Balaban J connectivity index is 2.10. The smallest absolute Gasteiger partial charge is 0.322 e. The van der Waals surface area contributed by atoms with E-state index in [9.17, 15) is 4.79 Å². The molecule has 3 aromatic carbocycles. The van der Waals surface area contributed by atoms with Gasteiger partial charge in [0, 0.05) is 10.5 Å². The van der Waals surface area contributed by atoms with E-state index in [-0.39, 0.29) is 5.97 Å². The van der Waals surface area contributed by atoms with Gasteiger partial charge in [0.2, 0.25) is 0 Å². The van der Waals surface area contributed by atoms with Gasteiger partial charge in [-0.25, -0.2) is 4.85 Å². The third-order valence-corrected chi connectivity index (χ3v) is 5.67. The van der Waals surface area contributed by atoms with Gasteiger partial charge in [-0.05, 0) is 57.0 Å². The van der Waals surface area contributed by atoms with E-state index in [2.05, 4.69) is 29.1 Å². The molecule has 0 saturated heterocycles. The average molecular weight is 404 g/mol. The zero-order valence-corrected chi connectivity index (χ0v) is 18.3. The van der Waals surface area contributed by atoms with Gasteiger partial charge in [-0.3, -0.25) is 4.79 Å². The molecule has 0 atom stereocenters. The Morgan fingerprint density at radius 1 is 0.931 bits per heavy atom. The molecule has 0 bridgehead atoms. The summed E-state index contributed by atoms with van der Waals surface area (Å²) in [6.07, 6.45) is 0. The zero-order chi connectivity index (χ0) is 21.2. The molecule has 148 valence electrons. The quantitative estimate of drug-likeness (QED) is 0.261. The summed E-state index contributed by atoms with van der Waals surface area (Å²) in [5.74, 6) is -0.238. The largest absolute Gasteiger partial charge is 0.459 e. The van der Waals surface area contributed by atoms with Crippen molar-refractivity contribution in [2.24, 2.45) is 0 Å². The molecular weight excluding hydrogens is 378 g/mol. The number of nitrogens with zero attached hydrogens (tertiary/aromatic N) is 1. The topological polar surface area (TPSA) is 30.7 Å². The molecule has 3 aromatic rings. The summed E-state index contributed by atoms with van der Waals surface area (Å²) in [7, 11) is 0. The van der Waals surface area contributed by atoms with Crippen molar-refractivity contribution >= 4 is 34.2 Å². The normalized spacial score (nSPS) is 11.9. The second-order valence-corrected chi connectivity index (χ2v) is 10.1. The van der Waals surface area contributed by atoms with Crippen LogP contribution in [0.15, 0.2) is 65.6 Å². The van der Waals surface area contributed by atoms with Crippen molar-refractivity contribution in [3.8, 4) is 11.1 Å². The van der Waals surface area contributed by atoms with Crippen molar-refractivity contribution in [1.82, 2.24) is 0 Å². The molecular formula is C25H25NO2S. The maximum absolute atomic E-state index is 12.8. The standard InChI is InChI=1S/C25H25NO2S/c1-24(2,3)28-23(27)25(4,5)29-21-16-13-17-9-7-8-10-20(17)22(21)18-11-14-19(26-6)15-12-18/h7-16H,1-5H3. The number of fused-ring (bicyclic) bond motifs is 1. The van der Waals surface area contributed by atoms with E-state index >= 15 is 0 Å². The number of esters is 1. The van der Waals surface area contributed by atoms with E-state index in [0.717, 1.165) is 26.8 Å². The fourth-order valence-corrected chi connectivity index (χ4v) is 4.20. The fraction of sp³-hybridized carbons (Fsp3) is 0.280. The van der Waals surface area contributed by atoms with Crippen LogP contribution in [0, 0.1) is 6.57 Å². The van der Waals surface area contributed by atoms with E-state index in [1.54, 1.807) is 0 Å². The van der Waals surface area contributed by atoms with E-state index in [0.29, 0.717) is 5.69 Å². The molecule has 0 amide bonds. The number of hydrogen-bond donors (Lipinski definition) is 0. The number of thioether (sulfide) groups is 1. The third kappa shape index (κ3) is 4.81. The highest BCUT2D eigenvalue weighted by molar-refractivity contribution is 8.01. The molecule has 3 rings (SSSR count). The number of ether oxygens (including phenoxy) is 1. The van der Waals surface area contributed by atoms with Gasteiger partial charge in [-0.2, -0.15) is 0 Å². The van der Waals surface area contributed by atoms with Crippen LogP contribution in [0.5, 0.6) is 0 Å². The van der Waals surface area contributed by atoms with Gasteiger partial charge in [0.05, 0.1) is 6.57 Å². The Morgan fingerprint density at radius 2 is 1.59 bits per heavy atom. The van der Waals surface area contributed by atoms with Crippen molar-refractivity contribution in [3.05, 3.63) is 72.1 Å². The minimum absolute atomic E-state index is 0.238. The predicted molar refractivity (Wildman–Crippen MR) is 121 cm³/mol. The van der Waals surface area contributed by atoms with Crippen molar-refractivity contribution in [3.63, 3.8) is 0 Å². The maximum atomic E-state index is 12.8. The number of hydrogen-bond acceptors (Lipinski definition) is 3. The maximum Gasteiger partial charge on any atom is 0.322 e. The van der Waals surface area contributed by atoms with Gasteiger partial charge < -0.3 is 4.74 Å². The zero-order valence-electron chi connectivity index (χ0n) is 17.4. The number of carbonyl (C=O) groups excluding carboxylic acids is 1. The lowest BCUT2D eigenvalue weighted by atomic mass is 9.98. The molecule has 3 nitrogen and oxygen atoms in total. The van der Waals surface area contributed by atoms with Crippen molar-refractivity contribution in [1.29, 1.82) is 0 Å². The Morgan fingerprint density at radius 3 is 2.21 bits per heavy atom. The molecule has 0 unspecified atom stereocenters. The van der Waals surface area contributed by atoms with Gasteiger partial charge in [-0.15, -0.1) is 11.8 Å². The second-order valence-electron chi connectivity index (χ2n) is 8.43. The van der Waals surface area contributed by atoms with E-state index in [1.165, 1.54) is 11.8 Å². The molecule has 0 aromatic heterocycles. The van der Waals surface area contributed by atoms with Crippen LogP contribution in [-0.2, 0) is 9.53 Å². The lowest BCUT2D eigenvalue weighted by molar-refractivity contribution is -0.156. The van der Waals surface area contributed by atoms with Crippen LogP contribution in [0.4, 0.5) is 5.69 Å². The summed E-state index contributed by atoms with van der Waals surface area (Å²) in [6.45, 7) is 16.6. The minimum atomic E-state index is -0.749. The van der Waals surface area contributed by atoms with Crippen LogP contribution in [0.1, 0.15) is 34.6 Å². The van der Waals surface area contributed by atoms with Gasteiger partial charge >= 0.3 is 5.97 Å². The summed E-state index contributed by atoms with van der Waals surface area (Å²) >= 11 is 1.51. The molecule has 0 aliphatic carbocycles. The van der Waals surface area contributed by atoms with Crippen LogP contribution < -0.4 is 0 Å². The van der Waals surface area contributed by atoms with Crippen LogP contribution in [0.2, 0.25) is 0 Å². The van der Waals surface area contributed by atoms with Crippen molar-refractivity contribution in [2.45, 2.75) is 49.9 Å². The summed E-state index contributed by atoms with van der Waals surface area (Å²) in [6, 6.07) is 20.0. The molecule has 0 spiro atoms. The highest BCUT2D eigenvalue weighted by atomic mass is 32.2. The molecule has 0 N–H and O–H groups in total. The first-order valence-electron chi connectivity index (χ1n) is 9.53. The van der Waals surface area contributed by atoms with Crippen LogP contribution in [0.25, 0.3) is 26.7 Å². The minimum Gasteiger partial charge on any atom is -0.459 e. The lowest BCUT2D eigenvalue weighted by Crippen LogP contribution is -2.36. The van der Waals surface area contributed by atoms with Gasteiger partial charge in [0.15, 0.2) is 5.69 Å². The van der Waals surface area contributed by atoms with E-state index in [4.69, 9.17) is 11.3 Å². The van der Waals surface area contributed by atoms with Crippen LogP contribution in [-0.4, -0.2) is 16.3 Å². The fourth-order valence-electron chi connectivity index (χ4n) is 3.05. The van der Waals surface area contributed by atoms with Gasteiger partial charge in [-0.1, -0.05) is 54.6 Å².